The maximum Gasteiger partial charge on any atom is 0.0401 e. The zero-order valence-corrected chi connectivity index (χ0v) is 8.51. The van der Waals surface area contributed by atoms with Gasteiger partial charge in [-0.25, -0.2) is 0 Å². The molecule has 1 aromatic rings. The first kappa shape index (κ1) is 8.61. The summed E-state index contributed by atoms with van der Waals surface area (Å²) in [4.78, 5) is 2.48. The van der Waals surface area contributed by atoms with Crippen molar-refractivity contribution >= 4 is 5.69 Å². The molecule has 1 aliphatic heterocycles. The van der Waals surface area contributed by atoms with Crippen molar-refractivity contribution in [2.45, 2.75) is 26.7 Å². The van der Waals surface area contributed by atoms with Crippen LogP contribution in [-0.4, -0.2) is 13.1 Å². The molecule has 0 saturated carbocycles. The van der Waals surface area contributed by atoms with Gasteiger partial charge in [0.05, 0.1) is 0 Å². The molecule has 0 aromatic heterocycles. The van der Waals surface area contributed by atoms with Crippen LogP contribution in [0.1, 0.15) is 24.5 Å². The van der Waals surface area contributed by atoms with E-state index in [1.54, 1.807) is 5.56 Å². The minimum Gasteiger partial charge on any atom is -0.372 e. The van der Waals surface area contributed by atoms with E-state index in [1.807, 2.05) is 0 Å². The molecule has 0 radical (unpaired) electrons. The molecule has 1 heteroatoms. The molecule has 0 aliphatic carbocycles. The van der Waals surface area contributed by atoms with Crippen molar-refractivity contribution < 1.29 is 0 Å². The maximum atomic E-state index is 2.48. The van der Waals surface area contributed by atoms with E-state index < -0.39 is 0 Å². The molecule has 1 aliphatic rings. The Labute approximate surface area is 80.4 Å². The standard InChI is InChI=1S/C12H17N/c1-3-13-9-5-7-11-10(2)6-4-8-12(11)13/h4,6,8H,3,5,7,9H2,1-2H3. The highest BCUT2D eigenvalue weighted by Gasteiger charge is 2.15. The molecule has 0 fully saturated rings. The molecular weight excluding hydrogens is 158 g/mol. The maximum absolute atomic E-state index is 2.48. The number of hydrogen-bond donors (Lipinski definition) is 0. The molecule has 2 rings (SSSR count). The minimum absolute atomic E-state index is 1.14. The zero-order valence-electron chi connectivity index (χ0n) is 8.51. The van der Waals surface area contributed by atoms with E-state index >= 15 is 0 Å². The molecule has 0 spiro atoms. The summed E-state index contributed by atoms with van der Waals surface area (Å²) in [5, 5.41) is 0. The van der Waals surface area contributed by atoms with Gasteiger partial charge < -0.3 is 4.90 Å². The number of hydrogen-bond acceptors (Lipinski definition) is 1. The van der Waals surface area contributed by atoms with E-state index in [-0.39, 0.29) is 0 Å². The second kappa shape index (κ2) is 3.41. The first-order valence-electron chi connectivity index (χ1n) is 5.16. The van der Waals surface area contributed by atoms with Crippen molar-refractivity contribution in [3.63, 3.8) is 0 Å². The Morgan fingerprint density at radius 2 is 2.23 bits per heavy atom. The highest BCUT2D eigenvalue weighted by molar-refractivity contribution is 5.58. The largest absolute Gasteiger partial charge is 0.372 e. The number of nitrogens with zero attached hydrogens (tertiary/aromatic N) is 1. The number of aryl methyl sites for hydroxylation is 1. The topological polar surface area (TPSA) is 3.24 Å². The molecule has 0 N–H and O–H groups in total. The normalized spacial score (nSPS) is 15.7. The van der Waals surface area contributed by atoms with Gasteiger partial charge in [-0.3, -0.25) is 0 Å². The predicted octanol–water partition coefficient (Wildman–Crippen LogP) is 2.77. The summed E-state index contributed by atoms with van der Waals surface area (Å²) in [5.41, 5.74) is 4.49. The third-order valence-corrected chi connectivity index (χ3v) is 2.96. The second-order valence-electron chi connectivity index (χ2n) is 3.76. The van der Waals surface area contributed by atoms with E-state index in [0.717, 1.165) is 6.54 Å². The SMILES string of the molecule is CCN1CCCc2c(C)cccc21. The molecule has 1 aromatic carbocycles. The average molecular weight is 175 g/mol. The number of fused-ring (bicyclic) bond motifs is 1. The first-order valence-corrected chi connectivity index (χ1v) is 5.16. The van der Waals surface area contributed by atoms with Crippen LogP contribution in [0.3, 0.4) is 0 Å². The van der Waals surface area contributed by atoms with Crippen LogP contribution < -0.4 is 4.90 Å². The molecule has 1 nitrogen and oxygen atoms in total. The minimum atomic E-state index is 1.14. The Hall–Kier alpha value is -0.980. The van der Waals surface area contributed by atoms with Crippen LogP contribution in [0.5, 0.6) is 0 Å². The van der Waals surface area contributed by atoms with Gasteiger partial charge in [0.1, 0.15) is 0 Å². The van der Waals surface area contributed by atoms with Gasteiger partial charge in [-0.1, -0.05) is 12.1 Å². The molecule has 0 atom stereocenters. The molecule has 0 bridgehead atoms. The van der Waals surface area contributed by atoms with Crippen LogP contribution in [0.15, 0.2) is 18.2 Å². The van der Waals surface area contributed by atoms with E-state index in [2.05, 4.69) is 36.9 Å². The van der Waals surface area contributed by atoms with Gasteiger partial charge in [0.15, 0.2) is 0 Å². The van der Waals surface area contributed by atoms with E-state index in [1.165, 1.54) is 30.6 Å². The summed E-state index contributed by atoms with van der Waals surface area (Å²) >= 11 is 0. The lowest BCUT2D eigenvalue weighted by atomic mass is 9.97. The lowest BCUT2D eigenvalue weighted by molar-refractivity contribution is 0.705. The van der Waals surface area contributed by atoms with Gasteiger partial charge in [-0.05, 0) is 43.9 Å². The highest BCUT2D eigenvalue weighted by atomic mass is 15.1. The van der Waals surface area contributed by atoms with Crippen molar-refractivity contribution in [3.05, 3.63) is 29.3 Å². The first-order chi connectivity index (χ1) is 6.33. The molecule has 0 unspecified atom stereocenters. The van der Waals surface area contributed by atoms with Gasteiger partial charge in [0.25, 0.3) is 0 Å². The van der Waals surface area contributed by atoms with Gasteiger partial charge >= 0.3 is 0 Å². The third kappa shape index (κ3) is 1.43. The fourth-order valence-electron chi connectivity index (χ4n) is 2.20. The van der Waals surface area contributed by atoms with Crippen LogP contribution in [0.25, 0.3) is 0 Å². The van der Waals surface area contributed by atoms with Gasteiger partial charge in [-0.2, -0.15) is 0 Å². The monoisotopic (exact) mass is 175 g/mol. The molecular formula is C12H17N. The summed E-state index contributed by atoms with van der Waals surface area (Å²) in [7, 11) is 0. The third-order valence-electron chi connectivity index (χ3n) is 2.96. The summed E-state index contributed by atoms with van der Waals surface area (Å²) in [6.45, 7) is 6.82. The predicted molar refractivity (Wildman–Crippen MR) is 57.4 cm³/mol. The lowest BCUT2D eigenvalue weighted by Crippen LogP contribution is -2.29. The van der Waals surface area contributed by atoms with Crippen molar-refractivity contribution in [2.24, 2.45) is 0 Å². The number of rotatable bonds is 1. The highest BCUT2D eigenvalue weighted by Crippen LogP contribution is 2.28. The molecule has 1 heterocycles. The van der Waals surface area contributed by atoms with Crippen LogP contribution in [0.4, 0.5) is 5.69 Å². The van der Waals surface area contributed by atoms with Gasteiger partial charge in [0, 0.05) is 18.8 Å². The fourth-order valence-corrected chi connectivity index (χ4v) is 2.20. The molecule has 13 heavy (non-hydrogen) atoms. The van der Waals surface area contributed by atoms with Gasteiger partial charge in [0.2, 0.25) is 0 Å². The Bertz CT molecular complexity index is 304. The molecule has 0 amide bonds. The fraction of sp³-hybridized carbons (Fsp3) is 0.500. The van der Waals surface area contributed by atoms with Gasteiger partial charge in [-0.15, -0.1) is 0 Å². The number of benzene rings is 1. The number of anilines is 1. The van der Waals surface area contributed by atoms with Crippen LogP contribution >= 0.6 is 0 Å². The Morgan fingerprint density at radius 3 is 3.00 bits per heavy atom. The summed E-state index contributed by atoms with van der Waals surface area (Å²) in [5.74, 6) is 0. The molecule has 0 saturated heterocycles. The second-order valence-corrected chi connectivity index (χ2v) is 3.76. The van der Waals surface area contributed by atoms with E-state index in [9.17, 15) is 0 Å². The Morgan fingerprint density at radius 1 is 1.38 bits per heavy atom. The van der Waals surface area contributed by atoms with Crippen molar-refractivity contribution in [1.82, 2.24) is 0 Å². The van der Waals surface area contributed by atoms with E-state index in [0.29, 0.717) is 0 Å². The van der Waals surface area contributed by atoms with Crippen LogP contribution in [-0.2, 0) is 6.42 Å². The van der Waals surface area contributed by atoms with Crippen LogP contribution in [0, 0.1) is 6.92 Å². The quantitative estimate of drug-likeness (QED) is 0.634. The lowest BCUT2D eigenvalue weighted by Gasteiger charge is -2.31. The van der Waals surface area contributed by atoms with Crippen molar-refractivity contribution in [1.29, 1.82) is 0 Å². The molecule has 70 valence electrons. The average Bonchev–Trinajstić information content (AvgIpc) is 2.18. The Balaban J connectivity index is 2.45. The zero-order chi connectivity index (χ0) is 9.26. The van der Waals surface area contributed by atoms with Crippen LogP contribution in [0.2, 0.25) is 0 Å². The smallest absolute Gasteiger partial charge is 0.0401 e. The van der Waals surface area contributed by atoms with E-state index in [4.69, 9.17) is 0 Å². The summed E-state index contributed by atoms with van der Waals surface area (Å²) in [6.07, 6.45) is 2.57. The van der Waals surface area contributed by atoms with Crippen molar-refractivity contribution in [3.8, 4) is 0 Å². The summed E-state index contributed by atoms with van der Waals surface area (Å²) < 4.78 is 0. The Kier molecular flexibility index (Phi) is 2.26. The van der Waals surface area contributed by atoms with Crippen molar-refractivity contribution in [2.75, 3.05) is 18.0 Å². The summed E-state index contributed by atoms with van der Waals surface area (Å²) in [6, 6.07) is 6.64.